The number of benzene rings is 1. The quantitative estimate of drug-likeness (QED) is 0.101. The Hall–Kier alpha value is -3.75. The van der Waals surface area contributed by atoms with Crippen molar-refractivity contribution in [2.24, 2.45) is 17.2 Å². The zero-order valence-electron chi connectivity index (χ0n) is 19.7. The highest BCUT2D eigenvalue weighted by atomic mass is 16.4. The van der Waals surface area contributed by atoms with Gasteiger partial charge in [0.25, 0.3) is 0 Å². The third-order valence-electron chi connectivity index (χ3n) is 5.15. The summed E-state index contributed by atoms with van der Waals surface area (Å²) in [6.07, 6.45) is 0.701. The summed E-state index contributed by atoms with van der Waals surface area (Å²) in [4.78, 5) is 60.7. The number of phenols is 1. The lowest BCUT2D eigenvalue weighted by molar-refractivity contribution is -0.142. The number of aliphatic hydroxyl groups is 1. The largest absolute Gasteiger partial charge is 0.508 e. The molecule has 14 nitrogen and oxygen atoms in total. The van der Waals surface area contributed by atoms with Crippen molar-refractivity contribution in [2.45, 2.75) is 56.3 Å². The molecule has 12 N–H and O–H groups in total. The standard InChI is InChI=1S/C22H34N6O8/c23-8-2-1-3-14(24)19(32)28-17(11-29)21(34)26-15(10-18(25)31)20(33)27-16(22(35)36)9-12-4-6-13(30)7-5-12/h4-7,14-17,29-30H,1-3,8-11,23-24H2,(H2,25,31)(H,26,34)(H,27,33)(H,28,32)(H,35,36). The van der Waals surface area contributed by atoms with E-state index in [4.69, 9.17) is 17.2 Å². The number of hydrogen-bond donors (Lipinski definition) is 9. The second kappa shape index (κ2) is 15.3. The Morgan fingerprint density at radius 3 is 1.94 bits per heavy atom. The summed E-state index contributed by atoms with van der Waals surface area (Å²) >= 11 is 0. The molecular weight excluding hydrogens is 476 g/mol. The van der Waals surface area contributed by atoms with E-state index in [-0.39, 0.29) is 12.2 Å². The maximum absolute atomic E-state index is 12.7. The summed E-state index contributed by atoms with van der Waals surface area (Å²) in [5, 5.41) is 35.1. The SMILES string of the molecule is NCCCCC(N)C(=O)NC(CO)C(=O)NC(CC(N)=O)C(=O)NC(Cc1ccc(O)cc1)C(=O)O. The number of amides is 4. The topological polar surface area (TPSA) is 260 Å². The highest BCUT2D eigenvalue weighted by Crippen LogP contribution is 2.12. The second-order valence-electron chi connectivity index (χ2n) is 8.14. The molecule has 1 rings (SSSR count). The number of nitrogens with two attached hydrogens (primary N) is 3. The molecule has 0 saturated heterocycles. The van der Waals surface area contributed by atoms with Gasteiger partial charge in [0.05, 0.1) is 19.1 Å². The zero-order chi connectivity index (χ0) is 27.3. The average molecular weight is 511 g/mol. The number of aromatic hydroxyl groups is 1. The molecule has 0 aliphatic rings. The maximum Gasteiger partial charge on any atom is 0.326 e. The highest BCUT2D eigenvalue weighted by molar-refractivity contribution is 5.96. The number of primary amides is 1. The Kier molecular flexibility index (Phi) is 12.9. The maximum atomic E-state index is 12.7. The van der Waals surface area contributed by atoms with Crippen LogP contribution in [0.4, 0.5) is 0 Å². The molecule has 0 aliphatic carbocycles. The Labute approximate surface area is 207 Å². The van der Waals surface area contributed by atoms with Gasteiger partial charge in [0.15, 0.2) is 0 Å². The fraction of sp³-hybridized carbons (Fsp3) is 0.500. The normalized spacial score (nSPS) is 14.1. The number of carboxylic acids is 1. The predicted molar refractivity (Wildman–Crippen MR) is 127 cm³/mol. The van der Waals surface area contributed by atoms with E-state index < -0.39 is 66.8 Å². The van der Waals surface area contributed by atoms with E-state index >= 15 is 0 Å². The van der Waals surface area contributed by atoms with E-state index in [1.54, 1.807) is 0 Å². The molecule has 1 aromatic carbocycles. The van der Waals surface area contributed by atoms with Crippen LogP contribution in [-0.2, 0) is 30.4 Å². The molecule has 36 heavy (non-hydrogen) atoms. The van der Waals surface area contributed by atoms with Crippen LogP contribution in [0.15, 0.2) is 24.3 Å². The number of unbranched alkanes of at least 4 members (excludes halogenated alkanes) is 1. The zero-order valence-corrected chi connectivity index (χ0v) is 19.7. The van der Waals surface area contributed by atoms with Crippen LogP contribution in [0.2, 0.25) is 0 Å². The Bertz CT molecular complexity index is 910. The van der Waals surface area contributed by atoms with Gasteiger partial charge >= 0.3 is 5.97 Å². The van der Waals surface area contributed by atoms with Crippen LogP contribution >= 0.6 is 0 Å². The third kappa shape index (κ3) is 10.7. The van der Waals surface area contributed by atoms with Gasteiger partial charge < -0.3 is 48.5 Å². The summed E-state index contributed by atoms with van der Waals surface area (Å²) < 4.78 is 0. The van der Waals surface area contributed by atoms with Gasteiger partial charge in [-0.25, -0.2) is 4.79 Å². The van der Waals surface area contributed by atoms with Gasteiger partial charge in [0.2, 0.25) is 23.6 Å². The Balaban J connectivity index is 2.87. The number of aliphatic hydroxyl groups excluding tert-OH is 1. The van der Waals surface area contributed by atoms with E-state index in [9.17, 15) is 39.3 Å². The van der Waals surface area contributed by atoms with E-state index in [2.05, 4.69) is 16.0 Å². The molecular formula is C22H34N6O8. The molecule has 4 unspecified atom stereocenters. The van der Waals surface area contributed by atoms with Crippen LogP contribution in [0.1, 0.15) is 31.2 Å². The molecule has 4 atom stereocenters. The van der Waals surface area contributed by atoms with E-state index in [1.807, 2.05) is 0 Å². The molecule has 4 amide bonds. The van der Waals surface area contributed by atoms with Gasteiger partial charge in [-0.05, 0) is 37.1 Å². The molecule has 0 aromatic heterocycles. The van der Waals surface area contributed by atoms with Crippen LogP contribution in [0.25, 0.3) is 0 Å². The van der Waals surface area contributed by atoms with Gasteiger partial charge in [-0.3, -0.25) is 19.2 Å². The minimum absolute atomic E-state index is 0.0269. The first kappa shape index (κ1) is 30.3. The molecule has 0 saturated carbocycles. The minimum atomic E-state index is -1.58. The van der Waals surface area contributed by atoms with Gasteiger partial charge in [0, 0.05) is 6.42 Å². The van der Waals surface area contributed by atoms with Gasteiger partial charge in [-0.1, -0.05) is 18.6 Å². The van der Waals surface area contributed by atoms with Crippen LogP contribution in [0.5, 0.6) is 5.75 Å². The predicted octanol–water partition coefficient (Wildman–Crippen LogP) is -3.20. The van der Waals surface area contributed by atoms with Crippen LogP contribution in [0.3, 0.4) is 0 Å². The van der Waals surface area contributed by atoms with Crippen molar-refractivity contribution in [3.05, 3.63) is 29.8 Å². The average Bonchev–Trinajstić information content (AvgIpc) is 2.82. The van der Waals surface area contributed by atoms with E-state index in [1.165, 1.54) is 24.3 Å². The Morgan fingerprint density at radius 1 is 0.861 bits per heavy atom. The molecule has 0 spiro atoms. The first-order chi connectivity index (χ1) is 17.0. The smallest absolute Gasteiger partial charge is 0.326 e. The monoisotopic (exact) mass is 510 g/mol. The van der Waals surface area contributed by atoms with Crippen molar-refractivity contribution in [2.75, 3.05) is 13.2 Å². The fourth-order valence-electron chi connectivity index (χ4n) is 3.14. The Morgan fingerprint density at radius 2 is 1.42 bits per heavy atom. The van der Waals surface area contributed by atoms with Crippen LogP contribution < -0.4 is 33.2 Å². The van der Waals surface area contributed by atoms with Crippen LogP contribution in [-0.4, -0.2) is 82.2 Å². The summed E-state index contributed by atoms with van der Waals surface area (Å²) in [6.45, 7) is -0.409. The third-order valence-corrected chi connectivity index (χ3v) is 5.15. The number of hydrogen-bond acceptors (Lipinski definition) is 9. The number of aliphatic carboxylic acids is 1. The lowest BCUT2D eigenvalue weighted by atomic mass is 10.0. The number of carbonyl (C=O) groups excluding carboxylic acids is 4. The van der Waals surface area contributed by atoms with Crippen molar-refractivity contribution in [1.82, 2.24) is 16.0 Å². The van der Waals surface area contributed by atoms with Crippen molar-refractivity contribution < 1.29 is 39.3 Å². The van der Waals surface area contributed by atoms with E-state index in [0.29, 0.717) is 31.4 Å². The molecule has 0 bridgehead atoms. The molecule has 0 aliphatic heterocycles. The number of rotatable bonds is 16. The fourth-order valence-corrected chi connectivity index (χ4v) is 3.14. The molecule has 14 heteroatoms. The van der Waals surface area contributed by atoms with Gasteiger partial charge in [-0.15, -0.1) is 0 Å². The number of carbonyl (C=O) groups is 5. The minimum Gasteiger partial charge on any atom is -0.508 e. The summed E-state index contributed by atoms with van der Waals surface area (Å²) in [5.41, 5.74) is 16.8. The van der Waals surface area contributed by atoms with E-state index in [0.717, 1.165) is 0 Å². The number of carboxylic acid groups (broad SMARTS) is 1. The molecule has 0 heterocycles. The lowest BCUT2D eigenvalue weighted by Crippen LogP contribution is -2.58. The first-order valence-corrected chi connectivity index (χ1v) is 11.2. The van der Waals surface area contributed by atoms with Crippen LogP contribution in [0, 0.1) is 0 Å². The van der Waals surface area contributed by atoms with Gasteiger partial charge in [0.1, 0.15) is 23.9 Å². The lowest BCUT2D eigenvalue weighted by Gasteiger charge is -2.24. The molecule has 1 aromatic rings. The highest BCUT2D eigenvalue weighted by Gasteiger charge is 2.31. The summed E-state index contributed by atoms with van der Waals surface area (Å²) in [6, 6.07) is 0.159. The molecule has 0 radical (unpaired) electrons. The van der Waals surface area contributed by atoms with Crippen molar-refractivity contribution in [3.63, 3.8) is 0 Å². The number of phenolic OH excluding ortho intramolecular Hbond substituents is 1. The van der Waals surface area contributed by atoms with Gasteiger partial charge in [-0.2, -0.15) is 0 Å². The summed E-state index contributed by atoms with van der Waals surface area (Å²) in [7, 11) is 0. The molecule has 200 valence electrons. The second-order valence-corrected chi connectivity index (χ2v) is 8.14. The number of nitrogens with one attached hydrogen (secondary N) is 3. The van der Waals surface area contributed by atoms with Crippen molar-refractivity contribution >= 4 is 29.6 Å². The first-order valence-electron chi connectivity index (χ1n) is 11.2. The summed E-state index contributed by atoms with van der Waals surface area (Å²) in [5.74, 6) is -5.11. The van der Waals surface area contributed by atoms with Crippen molar-refractivity contribution in [1.29, 1.82) is 0 Å². The molecule has 0 fully saturated rings. The van der Waals surface area contributed by atoms with Crippen molar-refractivity contribution in [3.8, 4) is 5.75 Å².